The molecule has 2 nitrogen and oxygen atoms in total. The smallest absolute Gasteiger partial charge is 0.137 e. The van der Waals surface area contributed by atoms with Gasteiger partial charge in [-0.2, -0.15) is 0 Å². The maximum Gasteiger partial charge on any atom is 0.137 e. The molecule has 3 aromatic rings. The second-order valence-corrected chi connectivity index (χ2v) is 7.08. The minimum atomic E-state index is -0.233. The molecule has 0 spiro atoms. The van der Waals surface area contributed by atoms with E-state index in [4.69, 9.17) is 4.74 Å². The molecule has 146 valence electrons. The Labute approximate surface area is 170 Å². The molecule has 0 aliphatic carbocycles. The van der Waals surface area contributed by atoms with Gasteiger partial charge >= 0.3 is 0 Å². The molecule has 0 amide bonds. The monoisotopic (exact) mass is 385 g/mol. The summed E-state index contributed by atoms with van der Waals surface area (Å²) in [6, 6.07) is 18.9. The highest BCUT2D eigenvalue weighted by Gasteiger charge is 2.18. The molecule has 1 heterocycles. The highest BCUT2D eigenvalue weighted by atomic mass is 19.1. The summed E-state index contributed by atoms with van der Waals surface area (Å²) in [4.78, 5) is 2.30. The molecule has 0 unspecified atom stereocenters. The van der Waals surface area contributed by atoms with Crippen LogP contribution >= 0.6 is 0 Å². The maximum atomic E-state index is 13.2. The lowest BCUT2D eigenvalue weighted by Gasteiger charge is -2.25. The van der Waals surface area contributed by atoms with Crippen LogP contribution in [0, 0.1) is 5.82 Å². The van der Waals surface area contributed by atoms with Crippen LogP contribution in [0.3, 0.4) is 0 Å². The van der Waals surface area contributed by atoms with Crippen molar-refractivity contribution in [2.45, 2.75) is 13.8 Å². The van der Waals surface area contributed by atoms with Crippen LogP contribution in [0.2, 0.25) is 0 Å². The molecule has 1 aliphatic heterocycles. The van der Waals surface area contributed by atoms with Gasteiger partial charge in [-0.05, 0) is 60.5 Å². The number of halogens is 1. The predicted molar refractivity (Wildman–Crippen MR) is 119 cm³/mol. The molecule has 29 heavy (non-hydrogen) atoms. The molecule has 0 fully saturated rings. The van der Waals surface area contributed by atoms with E-state index in [1.54, 1.807) is 12.1 Å². The summed E-state index contributed by atoms with van der Waals surface area (Å²) in [6.07, 6.45) is 4.08. The van der Waals surface area contributed by atoms with E-state index in [1.165, 1.54) is 12.1 Å². The van der Waals surface area contributed by atoms with Crippen LogP contribution in [-0.4, -0.2) is 13.1 Å². The average molecular weight is 385 g/mol. The first-order valence-electron chi connectivity index (χ1n) is 9.93. The van der Waals surface area contributed by atoms with Gasteiger partial charge in [-0.3, -0.25) is 0 Å². The second kappa shape index (κ2) is 7.96. The van der Waals surface area contributed by atoms with Gasteiger partial charge in [0.25, 0.3) is 0 Å². The normalized spacial score (nSPS) is 12.4. The topological polar surface area (TPSA) is 12.5 Å². The molecule has 0 saturated heterocycles. The van der Waals surface area contributed by atoms with Crippen LogP contribution < -0.4 is 20.1 Å². The summed E-state index contributed by atoms with van der Waals surface area (Å²) in [7, 11) is 0. The number of ether oxygens (including phenoxy) is 1. The standard InChI is InChI=1S/C26H24FNO/c1-4-28(5-2)21-12-15-24-22(14-9-19-7-10-20(27)11-8-19)23-13-6-18(3)16-25(23)29-26(24)17-21/h6-17H,3-5H2,1-2H3/b14-9+. The van der Waals surface area contributed by atoms with Gasteiger partial charge in [0.05, 0.1) is 0 Å². The van der Waals surface area contributed by atoms with E-state index < -0.39 is 0 Å². The quantitative estimate of drug-likeness (QED) is 0.606. The molecule has 0 atom stereocenters. The van der Waals surface area contributed by atoms with Gasteiger partial charge in [0.2, 0.25) is 0 Å². The minimum Gasteiger partial charge on any atom is -0.456 e. The fraction of sp³-hybridized carbons (Fsp3) is 0.154. The fourth-order valence-corrected chi connectivity index (χ4v) is 3.67. The molecule has 0 aromatic heterocycles. The van der Waals surface area contributed by atoms with Crippen molar-refractivity contribution in [2.75, 3.05) is 18.0 Å². The second-order valence-electron chi connectivity index (χ2n) is 7.08. The zero-order valence-corrected chi connectivity index (χ0v) is 16.8. The van der Waals surface area contributed by atoms with E-state index in [9.17, 15) is 4.39 Å². The first-order valence-corrected chi connectivity index (χ1v) is 9.93. The van der Waals surface area contributed by atoms with Crippen molar-refractivity contribution in [3.63, 3.8) is 0 Å². The number of rotatable bonds is 5. The van der Waals surface area contributed by atoms with Crippen molar-refractivity contribution < 1.29 is 9.13 Å². The number of fused-ring (bicyclic) bond motifs is 2. The van der Waals surface area contributed by atoms with Crippen LogP contribution in [0.25, 0.3) is 18.2 Å². The number of nitrogens with zero attached hydrogens (tertiary/aromatic N) is 1. The third kappa shape index (κ3) is 3.81. The first-order chi connectivity index (χ1) is 14.1. The van der Waals surface area contributed by atoms with Crippen molar-refractivity contribution in [3.8, 4) is 11.5 Å². The van der Waals surface area contributed by atoms with Gasteiger partial charge in [-0.25, -0.2) is 4.39 Å². The van der Waals surface area contributed by atoms with E-state index in [0.29, 0.717) is 0 Å². The number of benzene rings is 3. The molecule has 0 bridgehead atoms. The summed E-state index contributed by atoms with van der Waals surface area (Å²) in [5.41, 5.74) is 4.21. The molecule has 3 heteroatoms. The zero-order valence-electron chi connectivity index (χ0n) is 16.8. The lowest BCUT2D eigenvalue weighted by molar-refractivity contribution is 0.472. The summed E-state index contributed by atoms with van der Waals surface area (Å²) in [5.74, 6) is 1.41. The Kier molecular flexibility index (Phi) is 5.22. The zero-order chi connectivity index (χ0) is 20.4. The van der Waals surface area contributed by atoms with Gasteiger partial charge < -0.3 is 9.64 Å². The minimum absolute atomic E-state index is 0.233. The molecule has 3 aromatic carbocycles. The van der Waals surface area contributed by atoms with E-state index in [1.807, 2.05) is 24.3 Å². The van der Waals surface area contributed by atoms with Crippen LogP contribution in [-0.2, 0) is 0 Å². The van der Waals surface area contributed by atoms with Gasteiger partial charge in [-0.1, -0.05) is 43.0 Å². The van der Waals surface area contributed by atoms with Crippen LogP contribution in [0.4, 0.5) is 10.1 Å². The van der Waals surface area contributed by atoms with Crippen molar-refractivity contribution in [3.05, 3.63) is 94.1 Å². The van der Waals surface area contributed by atoms with Crippen molar-refractivity contribution in [1.29, 1.82) is 0 Å². The van der Waals surface area contributed by atoms with E-state index in [0.717, 1.165) is 57.4 Å². The van der Waals surface area contributed by atoms with Crippen LogP contribution in [0.1, 0.15) is 25.0 Å². The number of hydrogen-bond acceptors (Lipinski definition) is 2. The molecule has 0 saturated carbocycles. The van der Waals surface area contributed by atoms with E-state index in [-0.39, 0.29) is 5.82 Å². The highest BCUT2D eigenvalue weighted by molar-refractivity contribution is 5.85. The molecule has 0 radical (unpaired) electrons. The van der Waals surface area contributed by atoms with Gasteiger partial charge in [0.15, 0.2) is 0 Å². The number of anilines is 1. The predicted octanol–water partition coefficient (Wildman–Crippen LogP) is 5.10. The third-order valence-corrected chi connectivity index (χ3v) is 5.25. The Bertz CT molecular complexity index is 1170. The Morgan fingerprint density at radius 2 is 1.66 bits per heavy atom. The van der Waals surface area contributed by atoms with Crippen molar-refractivity contribution in [2.24, 2.45) is 0 Å². The summed E-state index contributed by atoms with van der Waals surface area (Å²) >= 11 is 0. The van der Waals surface area contributed by atoms with E-state index in [2.05, 4.69) is 49.6 Å². The lowest BCUT2D eigenvalue weighted by atomic mass is 9.97. The average Bonchev–Trinajstić information content (AvgIpc) is 2.73. The molecular weight excluding hydrogens is 361 g/mol. The highest BCUT2D eigenvalue weighted by Crippen LogP contribution is 2.36. The summed E-state index contributed by atoms with van der Waals surface area (Å²) in [6.45, 7) is 10.2. The SMILES string of the molecule is C=c1ccc2c(c1)Oc1cc(N(CC)CC)ccc1C=2/C=C/c1ccc(F)cc1. The fourth-order valence-electron chi connectivity index (χ4n) is 3.67. The van der Waals surface area contributed by atoms with Gasteiger partial charge in [-0.15, -0.1) is 0 Å². The molecule has 4 rings (SSSR count). The molecular formula is C26H24FNO. The Morgan fingerprint density at radius 3 is 2.38 bits per heavy atom. The van der Waals surface area contributed by atoms with Crippen molar-refractivity contribution in [1.82, 2.24) is 0 Å². The largest absolute Gasteiger partial charge is 0.456 e. The molecule has 0 N–H and O–H groups in total. The third-order valence-electron chi connectivity index (χ3n) is 5.25. The van der Waals surface area contributed by atoms with Crippen molar-refractivity contribution >= 4 is 23.9 Å². The maximum absolute atomic E-state index is 13.2. The van der Waals surface area contributed by atoms with Gasteiger partial charge in [0, 0.05) is 35.6 Å². The lowest BCUT2D eigenvalue weighted by Crippen LogP contribution is -2.22. The van der Waals surface area contributed by atoms with Gasteiger partial charge in [0.1, 0.15) is 17.3 Å². The molecule has 1 aliphatic rings. The summed E-state index contributed by atoms with van der Waals surface area (Å²) in [5, 5.41) is 1.94. The Morgan fingerprint density at radius 1 is 0.897 bits per heavy atom. The van der Waals surface area contributed by atoms with E-state index >= 15 is 0 Å². The Balaban J connectivity index is 1.85. The van der Waals surface area contributed by atoms with Crippen LogP contribution in [0.5, 0.6) is 11.5 Å². The summed E-state index contributed by atoms with van der Waals surface area (Å²) < 4.78 is 19.5. The number of allylic oxidation sites excluding steroid dienone is 1. The van der Waals surface area contributed by atoms with Crippen LogP contribution in [0.15, 0.2) is 66.7 Å². The Hall–Kier alpha value is -3.33. The number of hydrogen-bond donors (Lipinski definition) is 0. The first kappa shape index (κ1) is 19.0.